The van der Waals surface area contributed by atoms with Crippen molar-refractivity contribution in [2.45, 2.75) is 0 Å². The van der Waals surface area contributed by atoms with Crippen LogP contribution in [0, 0.1) is 0 Å². The number of halogens is 2. The number of fused-ring (bicyclic) bond motifs is 1. The van der Waals surface area contributed by atoms with Gasteiger partial charge in [-0.25, -0.2) is 4.52 Å². The molecule has 1 amide bonds. The monoisotopic (exact) mass is 349 g/mol. The van der Waals surface area contributed by atoms with Crippen LogP contribution in [0.4, 0.5) is 5.69 Å². The number of hydrogen-bond acceptors (Lipinski definition) is 2. The van der Waals surface area contributed by atoms with Crippen molar-refractivity contribution in [1.82, 2.24) is 9.61 Å². The van der Waals surface area contributed by atoms with Crippen molar-refractivity contribution in [2.75, 3.05) is 5.32 Å². The van der Waals surface area contributed by atoms with Crippen LogP contribution >= 0.6 is 27.5 Å². The maximum atomic E-state index is 12.2. The molecule has 3 rings (SSSR count). The van der Waals surface area contributed by atoms with Gasteiger partial charge in [-0.2, -0.15) is 5.10 Å². The van der Waals surface area contributed by atoms with E-state index in [0.29, 0.717) is 16.3 Å². The number of rotatable bonds is 2. The molecule has 4 nitrogen and oxygen atoms in total. The van der Waals surface area contributed by atoms with Gasteiger partial charge < -0.3 is 5.32 Å². The highest BCUT2D eigenvalue weighted by Crippen LogP contribution is 2.22. The minimum absolute atomic E-state index is 0.250. The van der Waals surface area contributed by atoms with Gasteiger partial charge in [0, 0.05) is 22.6 Å². The third-order valence-corrected chi connectivity index (χ3v) is 3.65. The molecule has 0 aliphatic heterocycles. The largest absolute Gasteiger partial charge is 0.322 e. The minimum Gasteiger partial charge on any atom is -0.322 e. The first-order valence-corrected chi connectivity index (χ1v) is 7.00. The van der Waals surface area contributed by atoms with Gasteiger partial charge in [-0.3, -0.25) is 4.79 Å². The molecule has 100 valence electrons. The average Bonchev–Trinajstić information content (AvgIpc) is 2.89. The molecule has 0 atom stereocenters. The molecular formula is C14H9BrClN3O. The molecule has 2 heterocycles. The van der Waals surface area contributed by atoms with Gasteiger partial charge in [0.1, 0.15) is 0 Å². The molecular weight excluding hydrogens is 342 g/mol. The van der Waals surface area contributed by atoms with Gasteiger partial charge in [-0.15, -0.1) is 0 Å². The molecule has 1 N–H and O–H groups in total. The van der Waals surface area contributed by atoms with Gasteiger partial charge in [0.2, 0.25) is 0 Å². The van der Waals surface area contributed by atoms with E-state index < -0.39 is 0 Å². The number of amides is 1. The Hall–Kier alpha value is -1.85. The zero-order chi connectivity index (χ0) is 14.1. The second-order valence-electron chi connectivity index (χ2n) is 4.19. The number of nitrogens with one attached hydrogen (secondary N) is 1. The molecule has 6 heteroatoms. The van der Waals surface area contributed by atoms with Crippen LogP contribution in [0.15, 0.2) is 53.3 Å². The van der Waals surface area contributed by atoms with Crippen molar-refractivity contribution < 1.29 is 4.79 Å². The fraction of sp³-hybridized carbons (Fsp3) is 0. The van der Waals surface area contributed by atoms with E-state index in [-0.39, 0.29) is 5.91 Å². The highest BCUT2D eigenvalue weighted by molar-refractivity contribution is 9.10. The Morgan fingerprint density at radius 3 is 2.95 bits per heavy atom. The Morgan fingerprint density at radius 2 is 2.10 bits per heavy atom. The standard InChI is InChI=1S/C14H9BrClN3O/c15-9-1-2-13(16)12(7-9)14(20)18-10-4-6-19-11(8-10)3-5-17-19/h1-8H,(H,18,20). The van der Waals surface area contributed by atoms with E-state index in [1.807, 2.05) is 12.1 Å². The molecule has 0 saturated heterocycles. The van der Waals surface area contributed by atoms with E-state index >= 15 is 0 Å². The second-order valence-corrected chi connectivity index (χ2v) is 5.52. The number of carbonyl (C=O) groups is 1. The van der Waals surface area contributed by atoms with Gasteiger partial charge in [0.15, 0.2) is 0 Å². The molecule has 0 aliphatic carbocycles. The summed E-state index contributed by atoms with van der Waals surface area (Å²) in [6.07, 6.45) is 3.49. The molecule has 0 fully saturated rings. The minimum atomic E-state index is -0.250. The topological polar surface area (TPSA) is 46.4 Å². The lowest BCUT2D eigenvalue weighted by atomic mass is 10.2. The zero-order valence-electron chi connectivity index (χ0n) is 10.2. The predicted octanol–water partition coefficient (Wildman–Crippen LogP) is 4.00. The predicted molar refractivity (Wildman–Crippen MR) is 82.3 cm³/mol. The SMILES string of the molecule is O=C(Nc1ccn2nccc2c1)c1cc(Br)ccc1Cl. The Balaban J connectivity index is 1.89. The summed E-state index contributed by atoms with van der Waals surface area (Å²) in [4.78, 5) is 12.2. The maximum absolute atomic E-state index is 12.2. The Bertz CT molecular complexity index is 800. The average molecular weight is 351 g/mol. The second kappa shape index (κ2) is 5.26. The summed E-state index contributed by atoms with van der Waals surface area (Å²) in [7, 11) is 0. The summed E-state index contributed by atoms with van der Waals surface area (Å²) in [5.74, 6) is -0.250. The molecule has 0 radical (unpaired) electrons. The van der Waals surface area contributed by atoms with Crippen LogP contribution in [0.1, 0.15) is 10.4 Å². The highest BCUT2D eigenvalue weighted by atomic mass is 79.9. The zero-order valence-corrected chi connectivity index (χ0v) is 12.5. The third kappa shape index (κ3) is 2.55. The van der Waals surface area contributed by atoms with E-state index in [2.05, 4.69) is 26.3 Å². The van der Waals surface area contributed by atoms with Gasteiger partial charge in [-0.1, -0.05) is 27.5 Å². The van der Waals surface area contributed by atoms with Gasteiger partial charge in [-0.05, 0) is 36.4 Å². The number of nitrogens with zero attached hydrogens (tertiary/aromatic N) is 2. The number of carbonyl (C=O) groups excluding carboxylic acids is 1. The normalized spacial score (nSPS) is 10.7. The molecule has 0 bridgehead atoms. The first-order valence-electron chi connectivity index (χ1n) is 5.83. The molecule has 0 unspecified atom stereocenters. The van der Waals surface area contributed by atoms with Crippen molar-refractivity contribution in [1.29, 1.82) is 0 Å². The van der Waals surface area contributed by atoms with Crippen LogP contribution < -0.4 is 5.32 Å². The van der Waals surface area contributed by atoms with E-state index in [1.165, 1.54) is 0 Å². The van der Waals surface area contributed by atoms with Crippen molar-refractivity contribution in [3.63, 3.8) is 0 Å². The molecule has 0 spiro atoms. The van der Waals surface area contributed by atoms with Gasteiger partial charge in [0.05, 0.1) is 16.1 Å². The summed E-state index contributed by atoms with van der Waals surface area (Å²) in [5, 5.41) is 7.34. The van der Waals surface area contributed by atoms with Crippen molar-refractivity contribution in [3.05, 3.63) is 63.9 Å². The van der Waals surface area contributed by atoms with E-state index in [4.69, 9.17) is 11.6 Å². The number of benzene rings is 1. The summed E-state index contributed by atoms with van der Waals surface area (Å²) in [6.45, 7) is 0. The number of hydrogen-bond donors (Lipinski definition) is 1. The number of anilines is 1. The highest BCUT2D eigenvalue weighted by Gasteiger charge is 2.11. The first-order chi connectivity index (χ1) is 9.63. The van der Waals surface area contributed by atoms with Gasteiger partial charge in [0.25, 0.3) is 5.91 Å². The van der Waals surface area contributed by atoms with Crippen LogP contribution in [0.3, 0.4) is 0 Å². The van der Waals surface area contributed by atoms with Crippen LogP contribution in [0.2, 0.25) is 5.02 Å². The molecule has 0 saturated carbocycles. The Labute approximate surface area is 128 Å². The lowest BCUT2D eigenvalue weighted by molar-refractivity contribution is 0.102. The molecule has 3 aromatic rings. The van der Waals surface area contributed by atoms with Crippen molar-refractivity contribution in [2.24, 2.45) is 0 Å². The maximum Gasteiger partial charge on any atom is 0.257 e. The fourth-order valence-electron chi connectivity index (χ4n) is 1.87. The van der Waals surface area contributed by atoms with E-state index in [1.54, 1.807) is 41.2 Å². The van der Waals surface area contributed by atoms with Crippen molar-refractivity contribution in [3.8, 4) is 0 Å². The smallest absolute Gasteiger partial charge is 0.257 e. The fourth-order valence-corrected chi connectivity index (χ4v) is 2.43. The molecule has 0 aliphatic rings. The van der Waals surface area contributed by atoms with Crippen LogP contribution in [0.25, 0.3) is 5.52 Å². The van der Waals surface area contributed by atoms with Crippen LogP contribution in [-0.2, 0) is 0 Å². The third-order valence-electron chi connectivity index (χ3n) is 2.83. The first kappa shape index (κ1) is 13.1. The quantitative estimate of drug-likeness (QED) is 0.759. The Kier molecular flexibility index (Phi) is 3.46. The lowest BCUT2D eigenvalue weighted by Crippen LogP contribution is -2.12. The van der Waals surface area contributed by atoms with Gasteiger partial charge >= 0.3 is 0 Å². The molecule has 20 heavy (non-hydrogen) atoms. The molecule has 1 aromatic carbocycles. The van der Waals surface area contributed by atoms with E-state index in [0.717, 1.165) is 9.99 Å². The molecule has 2 aromatic heterocycles. The summed E-state index contributed by atoms with van der Waals surface area (Å²) >= 11 is 9.37. The summed E-state index contributed by atoms with van der Waals surface area (Å²) in [5.41, 5.74) is 2.02. The van der Waals surface area contributed by atoms with Crippen molar-refractivity contribution >= 4 is 44.6 Å². The summed E-state index contributed by atoms with van der Waals surface area (Å²) < 4.78 is 2.53. The van der Waals surface area contributed by atoms with Crippen LogP contribution in [0.5, 0.6) is 0 Å². The van der Waals surface area contributed by atoms with Crippen LogP contribution in [-0.4, -0.2) is 15.5 Å². The number of pyridine rings is 1. The van der Waals surface area contributed by atoms with E-state index in [9.17, 15) is 4.79 Å². The Morgan fingerprint density at radius 1 is 1.25 bits per heavy atom. The number of aromatic nitrogens is 2. The lowest BCUT2D eigenvalue weighted by Gasteiger charge is -2.07. The summed E-state index contributed by atoms with van der Waals surface area (Å²) in [6, 6.07) is 10.6.